The minimum Gasteiger partial charge on any atom is -0.365 e. The van der Waals surface area contributed by atoms with Gasteiger partial charge in [-0.1, -0.05) is 30.3 Å². The van der Waals surface area contributed by atoms with E-state index < -0.39 is 33.0 Å². The molecule has 1 aromatic heterocycles. The summed E-state index contributed by atoms with van der Waals surface area (Å²) in [5.74, 6) is -1.61. The first-order valence-electron chi connectivity index (χ1n) is 8.43. The van der Waals surface area contributed by atoms with Crippen molar-refractivity contribution >= 4 is 39.5 Å². The van der Waals surface area contributed by atoms with Crippen LogP contribution in [0.5, 0.6) is 0 Å². The minimum atomic E-state index is -0.842. The minimum absolute atomic E-state index is 0.0944. The van der Waals surface area contributed by atoms with Gasteiger partial charge in [0.15, 0.2) is 0 Å². The number of thiophene rings is 1. The summed E-state index contributed by atoms with van der Waals surface area (Å²) >= 11 is 1.11. The number of rotatable bonds is 6. The highest BCUT2D eigenvalue weighted by Crippen LogP contribution is 2.40. The Hall–Kier alpha value is -4.12. The number of anilines is 1. The van der Waals surface area contributed by atoms with Crippen molar-refractivity contribution in [3.8, 4) is 11.1 Å². The average molecular weight is 426 g/mol. The smallest absolute Gasteiger partial charge is 0.277 e. The maximum atomic E-state index is 12.7. The molecule has 3 N–H and O–H groups in total. The summed E-state index contributed by atoms with van der Waals surface area (Å²) in [6.07, 6.45) is 0. The number of nitro benzene ring substituents is 2. The molecule has 0 aliphatic rings. The number of aryl methyl sites for hydroxylation is 1. The van der Waals surface area contributed by atoms with Crippen LogP contribution in [0.15, 0.2) is 48.5 Å². The van der Waals surface area contributed by atoms with E-state index >= 15 is 0 Å². The van der Waals surface area contributed by atoms with E-state index in [2.05, 4.69) is 5.32 Å². The lowest BCUT2D eigenvalue weighted by molar-refractivity contribution is -0.394. The number of benzene rings is 2. The first-order chi connectivity index (χ1) is 14.2. The molecule has 0 fully saturated rings. The van der Waals surface area contributed by atoms with Crippen LogP contribution < -0.4 is 11.1 Å². The molecule has 1 heterocycles. The van der Waals surface area contributed by atoms with Gasteiger partial charge in [-0.15, -0.1) is 11.3 Å². The number of carbonyl (C=O) groups is 2. The lowest BCUT2D eigenvalue weighted by Crippen LogP contribution is -2.17. The van der Waals surface area contributed by atoms with E-state index in [0.29, 0.717) is 5.56 Å². The molecule has 10 nitrogen and oxygen atoms in total. The normalized spacial score (nSPS) is 10.4. The SMILES string of the molecule is Cc1sc(NC(=O)c2cc([N+](=O)[O-])cc([N+](=O)[O-])c2)c(C(N)=O)c1-c1ccccc1. The van der Waals surface area contributed by atoms with Crippen LogP contribution in [0.4, 0.5) is 16.4 Å². The van der Waals surface area contributed by atoms with Gasteiger partial charge in [0.1, 0.15) is 5.00 Å². The second-order valence-corrected chi connectivity index (χ2v) is 7.40. The number of nitrogens with one attached hydrogen (secondary N) is 1. The molecule has 0 aliphatic heterocycles. The predicted octanol–water partition coefficient (Wildman–Crippen LogP) is 3.89. The van der Waals surface area contributed by atoms with Gasteiger partial charge in [-0.2, -0.15) is 0 Å². The molecule has 0 saturated heterocycles. The van der Waals surface area contributed by atoms with E-state index in [1.807, 2.05) is 6.07 Å². The third kappa shape index (κ3) is 4.00. The molecule has 0 radical (unpaired) electrons. The van der Waals surface area contributed by atoms with Crippen molar-refractivity contribution in [2.45, 2.75) is 6.92 Å². The maximum absolute atomic E-state index is 12.7. The number of carbonyl (C=O) groups excluding carboxylic acids is 2. The van der Waals surface area contributed by atoms with E-state index in [-0.39, 0.29) is 16.1 Å². The molecule has 0 spiro atoms. The highest BCUT2D eigenvalue weighted by atomic mass is 32.1. The van der Waals surface area contributed by atoms with E-state index in [1.54, 1.807) is 31.2 Å². The van der Waals surface area contributed by atoms with E-state index in [1.165, 1.54) is 0 Å². The maximum Gasteiger partial charge on any atom is 0.277 e. The number of hydrogen-bond donors (Lipinski definition) is 2. The topological polar surface area (TPSA) is 158 Å². The van der Waals surface area contributed by atoms with Crippen LogP contribution in [-0.2, 0) is 0 Å². The van der Waals surface area contributed by atoms with Crippen molar-refractivity contribution in [3.63, 3.8) is 0 Å². The molecular formula is C19H14N4O6S. The number of nitrogens with zero attached hydrogens (tertiary/aromatic N) is 2. The van der Waals surface area contributed by atoms with Crippen LogP contribution in [0.1, 0.15) is 25.6 Å². The van der Waals surface area contributed by atoms with Gasteiger partial charge in [0.25, 0.3) is 23.2 Å². The Balaban J connectivity index is 2.05. The van der Waals surface area contributed by atoms with Crippen LogP contribution in [0.3, 0.4) is 0 Å². The Bertz CT molecular complexity index is 1160. The van der Waals surface area contributed by atoms with Gasteiger partial charge in [0.2, 0.25) is 0 Å². The van der Waals surface area contributed by atoms with Crippen LogP contribution in [0, 0.1) is 27.2 Å². The summed E-state index contributed by atoms with van der Waals surface area (Å²) in [4.78, 5) is 46.0. The molecule has 30 heavy (non-hydrogen) atoms. The summed E-state index contributed by atoms with van der Waals surface area (Å²) in [6.45, 7) is 1.76. The number of nitrogens with two attached hydrogens (primary N) is 1. The Labute approximate surface area is 173 Å². The van der Waals surface area contributed by atoms with E-state index in [4.69, 9.17) is 5.73 Å². The molecule has 2 amide bonds. The van der Waals surface area contributed by atoms with Crippen molar-refractivity contribution < 1.29 is 19.4 Å². The third-order valence-corrected chi connectivity index (χ3v) is 5.23. The van der Waals surface area contributed by atoms with Gasteiger partial charge in [-0.05, 0) is 12.5 Å². The summed E-state index contributed by atoms with van der Waals surface area (Å²) in [5.41, 5.74) is 5.44. The van der Waals surface area contributed by atoms with Crippen molar-refractivity contribution in [1.82, 2.24) is 0 Å². The first-order valence-corrected chi connectivity index (χ1v) is 9.24. The monoisotopic (exact) mass is 426 g/mol. The number of hydrogen-bond acceptors (Lipinski definition) is 7. The van der Waals surface area contributed by atoms with Crippen molar-refractivity contribution in [2.75, 3.05) is 5.32 Å². The van der Waals surface area contributed by atoms with Crippen LogP contribution in [0.25, 0.3) is 11.1 Å². The highest BCUT2D eigenvalue weighted by Gasteiger charge is 2.25. The molecule has 3 rings (SSSR count). The summed E-state index contributed by atoms with van der Waals surface area (Å²) in [5, 5.41) is 24.8. The fraction of sp³-hybridized carbons (Fsp3) is 0.0526. The molecule has 0 bridgehead atoms. The van der Waals surface area contributed by atoms with Gasteiger partial charge in [0.05, 0.1) is 27.0 Å². The second-order valence-electron chi connectivity index (χ2n) is 6.17. The number of primary amides is 1. The molecule has 0 aliphatic carbocycles. The lowest BCUT2D eigenvalue weighted by atomic mass is 10.0. The summed E-state index contributed by atoms with van der Waals surface area (Å²) in [7, 11) is 0. The molecule has 152 valence electrons. The van der Waals surface area contributed by atoms with Crippen molar-refractivity contribution in [3.05, 3.63) is 84.8 Å². The molecule has 11 heteroatoms. The van der Waals surface area contributed by atoms with Crippen LogP contribution in [-0.4, -0.2) is 21.7 Å². The Kier molecular flexibility index (Phi) is 5.56. The fourth-order valence-corrected chi connectivity index (χ4v) is 4.01. The van der Waals surface area contributed by atoms with Gasteiger partial charge < -0.3 is 11.1 Å². The Morgan fingerprint density at radius 1 is 1.00 bits per heavy atom. The quantitative estimate of drug-likeness (QED) is 0.449. The lowest BCUT2D eigenvalue weighted by Gasteiger charge is -2.07. The number of amides is 2. The van der Waals surface area contributed by atoms with Gasteiger partial charge in [0, 0.05) is 22.6 Å². The Morgan fingerprint density at radius 3 is 2.07 bits per heavy atom. The molecule has 2 aromatic carbocycles. The molecule has 3 aromatic rings. The number of non-ortho nitro benzene ring substituents is 2. The number of nitro groups is 2. The second kappa shape index (κ2) is 8.09. The van der Waals surface area contributed by atoms with Crippen molar-refractivity contribution in [2.24, 2.45) is 5.73 Å². The zero-order valence-corrected chi connectivity index (χ0v) is 16.3. The summed E-state index contributed by atoms with van der Waals surface area (Å²) in [6, 6.07) is 11.6. The fourth-order valence-electron chi connectivity index (χ4n) is 2.93. The van der Waals surface area contributed by atoms with E-state index in [0.717, 1.165) is 40.0 Å². The highest BCUT2D eigenvalue weighted by molar-refractivity contribution is 7.17. The predicted molar refractivity (Wildman–Crippen MR) is 111 cm³/mol. The molecular weight excluding hydrogens is 412 g/mol. The van der Waals surface area contributed by atoms with Gasteiger partial charge >= 0.3 is 0 Å². The Morgan fingerprint density at radius 2 is 1.57 bits per heavy atom. The first kappa shape index (κ1) is 20.6. The molecule has 0 saturated carbocycles. The van der Waals surface area contributed by atoms with Gasteiger partial charge in [-0.25, -0.2) is 0 Å². The zero-order chi connectivity index (χ0) is 22.0. The van der Waals surface area contributed by atoms with E-state index in [9.17, 15) is 29.8 Å². The van der Waals surface area contributed by atoms with Gasteiger partial charge in [-0.3, -0.25) is 29.8 Å². The third-order valence-electron chi connectivity index (χ3n) is 4.21. The zero-order valence-electron chi connectivity index (χ0n) is 15.4. The van der Waals surface area contributed by atoms with Crippen LogP contribution in [0.2, 0.25) is 0 Å². The standard InChI is InChI=1S/C19H14N4O6S/c1-10-15(11-5-3-2-4-6-11)16(17(20)24)19(30-10)21-18(25)12-7-13(22(26)27)9-14(8-12)23(28)29/h2-9H,1H3,(H2,20,24)(H,21,25). The molecule has 0 unspecified atom stereocenters. The van der Waals surface area contributed by atoms with Crippen molar-refractivity contribution in [1.29, 1.82) is 0 Å². The van der Waals surface area contributed by atoms with Crippen LogP contribution >= 0.6 is 11.3 Å². The largest absolute Gasteiger partial charge is 0.365 e. The molecule has 0 atom stereocenters. The summed E-state index contributed by atoms with van der Waals surface area (Å²) < 4.78 is 0. The average Bonchev–Trinajstić information content (AvgIpc) is 3.04.